The van der Waals surface area contributed by atoms with Gasteiger partial charge in [0, 0.05) is 45.5 Å². The van der Waals surface area contributed by atoms with E-state index in [0.717, 1.165) is 83.2 Å². The standard InChI is InChI=1S/C20H42O4Si2/c1-5-11-21-19(22-12-6-2)17-25-15-9-10-16-26-18-20(23-13-7-3)24-14-8-4/h19-20H,5-18H2,1-4H3. The van der Waals surface area contributed by atoms with Gasteiger partial charge in [0.05, 0.1) is 0 Å². The minimum absolute atomic E-state index is 0.0160. The Morgan fingerprint density at radius 2 is 0.846 bits per heavy atom. The highest BCUT2D eigenvalue weighted by atomic mass is 28.2. The molecule has 154 valence electrons. The highest BCUT2D eigenvalue weighted by Gasteiger charge is 2.10. The van der Waals surface area contributed by atoms with E-state index in [9.17, 15) is 0 Å². The molecule has 4 nitrogen and oxygen atoms in total. The van der Waals surface area contributed by atoms with Crippen LogP contribution in [0.5, 0.6) is 0 Å². The van der Waals surface area contributed by atoms with Gasteiger partial charge in [-0.3, -0.25) is 0 Å². The second-order valence-electron chi connectivity index (χ2n) is 6.46. The molecule has 26 heavy (non-hydrogen) atoms. The molecule has 0 aliphatic rings. The molecule has 0 unspecified atom stereocenters. The van der Waals surface area contributed by atoms with Crippen molar-refractivity contribution in [3.8, 4) is 0 Å². The summed E-state index contributed by atoms with van der Waals surface area (Å²) in [6.07, 6.45) is 6.89. The Hall–Kier alpha value is 0.274. The highest BCUT2D eigenvalue weighted by Crippen LogP contribution is 2.10. The number of hydrogen-bond donors (Lipinski definition) is 0. The predicted octanol–water partition coefficient (Wildman–Crippen LogP) is 5.21. The van der Waals surface area contributed by atoms with Gasteiger partial charge in [0.15, 0.2) is 12.6 Å². The first-order valence-electron chi connectivity index (χ1n) is 10.7. The van der Waals surface area contributed by atoms with E-state index in [1.54, 1.807) is 0 Å². The average Bonchev–Trinajstić information content (AvgIpc) is 2.66. The smallest absolute Gasteiger partial charge is 0.154 e. The summed E-state index contributed by atoms with van der Waals surface area (Å²) >= 11 is 0. The predicted molar refractivity (Wildman–Crippen MR) is 113 cm³/mol. The second-order valence-corrected chi connectivity index (χ2v) is 9.27. The summed E-state index contributed by atoms with van der Waals surface area (Å²) in [6, 6.07) is 4.71. The molecule has 6 heteroatoms. The van der Waals surface area contributed by atoms with Crippen LogP contribution in [-0.4, -0.2) is 58.0 Å². The highest BCUT2D eigenvalue weighted by molar-refractivity contribution is 6.36. The Morgan fingerprint density at radius 3 is 1.12 bits per heavy atom. The first-order valence-corrected chi connectivity index (χ1v) is 13.5. The van der Waals surface area contributed by atoms with E-state index in [0.29, 0.717) is 0 Å². The second kappa shape index (κ2) is 21.6. The Bertz CT molecular complexity index is 228. The molecule has 0 N–H and O–H groups in total. The Balaban J connectivity index is 3.64. The van der Waals surface area contributed by atoms with Crippen molar-refractivity contribution in [2.75, 3.05) is 26.4 Å². The summed E-state index contributed by atoms with van der Waals surface area (Å²) in [5.41, 5.74) is 0. The van der Waals surface area contributed by atoms with Crippen LogP contribution in [0.4, 0.5) is 0 Å². The lowest BCUT2D eigenvalue weighted by Crippen LogP contribution is -2.20. The van der Waals surface area contributed by atoms with Gasteiger partial charge in [0.1, 0.15) is 0 Å². The van der Waals surface area contributed by atoms with Gasteiger partial charge >= 0.3 is 0 Å². The van der Waals surface area contributed by atoms with Crippen LogP contribution in [0, 0.1) is 0 Å². The Morgan fingerprint density at radius 1 is 0.538 bits per heavy atom. The molecule has 0 bridgehead atoms. The van der Waals surface area contributed by atoms with Gasteiger partial charge in [-0.2, -0.15) is 0 Å². The fourth-order valence-electron chi connectivity index (χ4n) is 2.27. The van der Waals surface area contributed by atoms with E-state index in [1.165, 1.54) is 24.9 Å². The molecule has 0 spiro atoms. The summed E-state index contributed by atoms with van der Waals surface area (Å²) in [5, 5.41) is 0. The lowest BCUT2D eigenvalue weighted by Gasteiger charge is -2.18. The minimum atomic E-state index is 0.0160. The number of hydrogen-bond acceptors (Lipinski definition) is 4. The third-order valence-corrected chi connectivity index (χ3v) is 6.27. The third kappa shape index (κ3) is 17.7. The van der Waals surface area contributed by atoms with E-state index >= 15 is 0 Å². The summed E-state index contributed by atoms with van der Waals surface area (Å²) in [6.45, 7) is 11.8. The fraction of sp³-hybridized carbons (Fsp3) is 1.00. The monoisotopic (exact) mass is 402 g/mol. The molecular weight excluding hydrogens is 360 g/mol. The molecule has 0 heterocycles. The maximum absolute atomic E-state index is 5.79. The van der Waals surface area contributed by atoms with E-state index in [2.05, 4.69) is 27.7 Å². The van der Waals surface area contributed by atoms with Crippen molar-refractivity contribution < 1.29 is 18.9 Å². The van der Waals surface area contributed by atoms with Crippen LogP contribution in [0.1, 0.15) is 66.2 Å². The minimum Gasteiger partial charge on any atom is -0.353 e. The molecule has 0 saturated heterocycles. The summed E-state index contributed by atoms with van der Waals surface area (Å²) in [4.78, 5) is 0. The largest absolute Gasteiger partial charge is 0.353 e. The zero-order valence-corrected chi connectivity index (χ0v) is 19.7. The lowest BCUT2D eigenvalue weighted by molar-refractivity contribution is -0.130. The molecule has 0 saturated carbocycles. The zero-order chi connectivity index (χ0) is 19.3. The van der Waals surface area contributed by atoms with Crippen LogP contribution >= 0.6 is 0 Å². The number of unbranched alkanes of at least 4 members (excludes halogenated alkanes) is 1. The maximum Gasteiger partial charge on any atom is 0.154 e. The van der Waals surface area contributed by atoms with Crippen LogP contribution in [0.25, 0.3) is 0 Å². The molecule has 0 aromatic rings. The van der Waals surface area contributed by atoms with Crippen LogP contribution in [-0.2, 0) is 18.9 Å². The van der Waals surface area contributed by atoms with Gasteiger partial charge in [0.2, 0.25) is 0 Å². The average molecular weight is 403 g/mol. The van der Waals surface area contributed by atoms with E-state index in [1.807, 2.05) is 0 Å². The van der Waals surface area contributed by atoms with Gasteiger partial charge in [-0.15, -0.1) is 0 Å². The number of rotatable bonds is 21. The summed E-state index contributed by atoms with van der Waals surface area (Å²) < 4.78 is 23.1. The molecule has 0 atom stereocenters. The molecule has 0 aromatic carbocycles. The molecule has 4 radical (unpaired) electrons. The summed E-state index contributed by atoms with van der Waals surface area (Å²) in [7, 11) is 1.89. The van der Waals surface area contributed by atoms with Crippen molar-refractivity contribution in [2.24, 2.45) is 0 Å². The van der Waals surface area contributed by atoms with E-state index < -0.39 is 0 Å². The topological polar surface area (TPSA) is 36.9 Å². The molecule has 0 aliphatic carbocycles. The molecule has 0 rings (SSSR count). The van der Waals surface area contributed by atoms with Gasteiger partial charge in [-0.25, -0.2) is 0 Å². The van der Waals surface area contributed by atoms with Gasteiger partial charge in [-0.05, 0) is 37.8 Å². The van der Waals surface area contributed by atoms with Crippen molar-refractivity contribution in [3.05, 3.63) is 0 Å². The van der Waals surface area contributed by atoms with Crippen LogP contribution in [0.3, 0.4) is 0 Å². The van der Waals surface area contributed by atoms with Crippen molar-refractivity contribution in [1.29, 1.82) is 0 Å². The van der Waals surface area contributed by atoms with Crippen molar-refractivity contribution >= 4 is 19.0 Å². The zero-order valence-electron chi connectivity index (χ0n) is 17.7. The molecule has 0 amide bonds. The molecule has 0 aromatic heterocycles. The van der Waals surface area contributed by atoms with Gasteiger partial charge < -0.3 is 18.9 Å². The van der Waals surface area contributed by atoms with E-state index in [-0.39, 0.29) is 12.6 Å². The van der Waals surface area contributed by atoms with Crippen molar-refractivity contribution in [2.45, 2.75) is 103 Å². The maximum atomic E-state index is 5.79. The molecule has 0 fully saturated rings. The SMILES string of the molecule is CCCOC(C[Si]CCCC[Si]CC(OCCC)OCCC)OCCC. The Kier molecular flexibility index (Phi) is 21.8. The lowest BCUT2D eigenvalue weighted by atomic mass is 10.4. The van der Waals surface area contributed by atoms with Crippen LogP contribution in [0.2, 0.25) is 24.2 Å². The van der Waals surface area contributed by atoms with Gasteiger partial charge in [-0.1, -0.05) is 52.6 Å². The normalized spacial score (nSPS) is 11.8. The van der Waals surface area contributed by atoms with Gasteiger partial charge in [0.25, 0.3) is 0 Å². The third-order valence-electron chi connectivity index (χ3n) is 3.61. The first kappa shape index (κ1) is 26.3. The Labute approximate surface area is 167 Å². The van der Waals surface area contributed by atoms with Crippen molar-refractivity contribution in [3.63, 3.8) is 0 Å². The van der Waals surface area contributed by atoms with Crippen molar-refractivity contribution in [1.82, 2.24) is 0 Å². The van der Waals surface area contributed by atoms with Crippen LogP contribution in [0.15, 0.2) is 0 Å². The number of ether oxygens (including phenoxy) is 4. The quantitative estimate of drug-likeness (QED) is 0.150. The molecular formula is C20H42O4Si2. The van der Waals surface area contributed by atoms with Crippen LogP contribution < -0.4 is 0 Å². The fourth-order valence-corrected chi connectivity index (χ4v) is 4.62. The molecule has 0 aliphatic heterocycles. The summed E-state index contributed by atoms with van der Waals surface area (Å²) in [5.74, 6) is 0. The first-order chi connectivity index (χ1) is 12.8. The van der Waals surface area contributed by atoms with E-state index in [4.69, 9.17) is 18.9 Å².